The Hall–Kier alpha value is -2.69. The molecule has 0 heterocycles. The van der Waals surface area contributed by atoms with Crippen molar-refractivity contribution in [3.63, 3.8) is 0 Å². The number of rotatable bonds is 8. The largest absolute Gasteiger partial charge is 0.492 e. The Morgan fingerprint density at radius 2 is 1.67 bits per heavy atom. The molecular weight excluding hydrogens is 309 g/mol. The third-order valence-electron chi connectivity index (χ3n) is 3.46. The first-order chi connectivity index (χ1) is 11.5. The van der Waals surface area contributed by atoms with Crippen LogP contribution in [0.1, 0.15) is 28.8 Å². The smallest absolute Gasteiger partial charge is 0.220 e. The van der Waals surface area contributed by atoms with E-state index in [9.17, 15) is 14.0 Å². The van der Waals surface area contributed by atoms with Crippen molar-refractivity contribution in [1.82, 2.24) is 5.32 Å². The van der Waals surface area contributed by atoms with Crippen molar-refractivity contribution < 1.29 is 18.7 Å². The molecule has 0 fully saturated rings. The predicted octanol–water partition coefficient (Wildman–Crippen LogP) is 3.29. The lowest BCUT2D eigenvalue weighted by Crippen LogP contribution is -2.28. The molecule has 24 heavy (non-hydrogen) atoms. The lowest BCUT2D eigenvalue weighted by Gasteiger charge is -2.08. The van der Waals surface area contributed by atoms with E-state index in [2.05, 4.69) is 5.32 Å². The van der Waals surface area contributed by atoms with Gasteiger partial charge in [-0.1, -0.05) is 17.7 Å². The molecule has 0 aromatic heterocycles. The van der Waals surface area contributed by atoms with E-state index in [0.29, 0.717) is 18.7 Å². The average Bonchev–Trinajstić information content (AvgIpc) is 2.59. The predicted molar refractivity (Wildman–Crippen MR) is 89.6 cm³/mol. The first kappa shape index (κ1) is 17.7. The fraction of sp³-hybridized carbons (Fsp3) is 0.263. The molecule has 0 aliphatic carbocycles. The van der Waals surface area contributed by atoms with Crippen LogP contribution in [0.5, 0.6) is 5.75 Å². The van der Waals surface area contributed by atoms with Crippen LogP contribution < -0.4 is 10.1 Å². The zero-order valence-electron chi connectivity index (χ0n) is 13.5. The van der Waals surface area contributed by atoms with Gasteiger partial charge in [0.1, 0.15) is 18.2 Å². The van der Waals surface area contributed by atoms with Crippen LogP contribution in [0.25, 0.3) is 0 Å². The Labute approximate surface area is 140 Å². The van der Waals surface area contributed by atoms with Crippen LogP contribution >= 0.6 is 0 Å². The Morgan fingerprint density at radius 3 is 2.33 bits per heavy atom. The highest BCUT2D eigenvalue weighted by Gasteiger charge is 2.09. The number of Topliss-reactive ketones (excluding diaryl/α,β-unsaturated/α-hetero) is 1. The molecule has 0 saturated heterocycles. The van der Waals surface area contributed by atoms with Gasteiger partial charge < -0.3 is 10.1 Å². The van der Waals surface area contributed by atoms with Gasteiger partial charge in [-0.3, -0.25) is 9.59 Å². The third-order valence-corrected chi connectivity index (χ3v) is 3.46. The number of hydrogen-bond acceptors (Lipinski definition) is 3. The summed E-state index contributed by atoms with van der Waals surface area (Å²) in [5.41, 5.74) is 1.56. The second kappa shape index (κ2) is 8.82. The summed E-state index contributed by atoms with van der Waals surface area (Å²) in [5, 5.41) is 2.70. The van der Waals surface area contributed by atoms with Gasteiger partial charge in [0.25, 0.3) is 0 Å². The summed E-state index contributed by atoms with van der Waals surface area (Å²) >= 11 is 0. The highest BCUT2D eigenvalue weighted by Crippen LogP contribution is 2.11. The summed E-state index contributed by atoms with van der Waals surface area (Å²) in [7, 11) is 0. The first-order valence-electron chi connectivity index (χ1n) is 7.79. The van der Waals surface area contributed by atoms with Gasteiger partial charge in [0, 0.05) is 18.4 Å². The summed E-state index contributed by atoms with van der Waals surface area (Å²) in [5.74, 6) is -0.0294. The SMILES string of the molecule is Cc1ccc(OCCNC(=O)CCC(=O)c2ccc(F)cc2)cc1. The normalized spacial score (nSPS) is 10.2. The minimum absolute atomic E-state index is 0.0935. The molecule has 0 spiro atoms. The maximum absolute atomic E-state index is 12.8. The maximum Gasteiger partial charge on any atom is 0.220 e. The molecule has 5 heteroatoms. The number of carbonyl (C=O) groups excluding carboxylic acids is 2. The number of carbonyl (C=O) groups is 2. The molecule has 2 aromatic carbocycles. The number of benzene rings is 2. The number of ether oxygens (including phenoxy) is 1. The second-order valence-electron chi connectivity index (χ2n) is 5.44. The number of aryl methyl sites for hydroxylation is 1. The molecule has 1 N–H and O–H groups in total. The van der Waals surface area contributed by atoms with E-state index in [0.717, 1.165) is 11.3 Å². The van der Waals surface area contributed by atoms with Crippen LogP contribution in [0.15, 0.2) is 48.5 Å². The molecule has 4 nitrogen and oxygen atoms in total. The van der Waals surface area contributed by atoms with E-state index >= 15 is 0 Å². The van der Waals surface area contributed by atoms with E-state index in [-0.39, 0.29) is 24.5 Å². The van der Waals surface area contributed by atoms with E-state index in [1.807, 2.05) is 31.2 Å². The van der Waals surface area contributed by atoms with Gasteiger partial charge in [-0.05, 0) is 43.3 Å². The van der Waals surface area contributed by atoms with Gasteiger partial charge in [0.05, 0.1) is 6.54 Å². The monoisotopic (exact) mass is 329 g/mol. The zero-order chi connectivity index (χ0) is 17.4. The molecule has 0 bridgehead atoms. The fourth-order valence-electron chi connectivity index (χ4n) is 2.09. The Bertz CT molecular complexity index is 681. The summed E-state index contributed by atoms with van der Waals surface area (Å²) in [6, 6.07) is 13.0. The van der Waals surface area contributed by atoms with Crippen LogP contribution in [-0.2, 0) is 4.79 Å². The van der Waals surface area contributed by atoms with Crippen molar-refractivity contribution in [1.29, 1.82) is 0 Å². The number of amides is 1. The quantitative estimate of drug-likeness (QED) is 0.597. The molecule has 0 saturated carbocycles. The summed E-state index contributed by atoms with van der Waals surface area (Å²) < 4.78 is 18.3. The third kappa shape index (κ3) is 5.83. The highest BCUT2D eigenvalue weighted by atomic mass is 19.1. The van der Waals surface area contributed by atoms with Crippen LogP contribution in [0.2, 0.25) is 0 Å². The Morgan fingerprint density at radius 1 is 1.00 bits per heavy atom. The topological polar surface area (TPSA) is 55.4 Å². The lowest BCUT2D eigenvalue weighted by atomic mass is 10.1. The van der Waals surface area contributed by atoms with E-state index in [1.54, 1.807) is 0 Å². The minimum atomic E-state index is -0.391. The van der Waals surface area contributed by atoms with Crippen molar-refractivity contribution in [3.05, 3.63) is 65.5 Å². The number of hydrogen-bond donors (Lipinski definition) is 1. The first-order valence-corrected chi connectivity index (χ1v) is 7.79. The molecule has 0 atom stereocenters. The molecule has 0 radical (unpaired) electrons. The standard InChI is InChI=1S/C19H20FNO3/c1-14-2-8-17(9-3-14)24-13-12-21-19(23)11-10-18(22)15-4-6-16(20)7-5-15/h2-9H,10-13H2,1H3,(H,21,23). The summed E-state index contributed by atoms with van der Waals surface area (Å²) in [4.78, 5) is 23.6. The van der Waals surface area contributed by atoms with Gasteiger partial charge in [-0.15, -0.1) is 0 Å². The van der Waals surface area contributed by atoms with Crippen molar-refractivity contribution in [2.75, 3.05) is 13.2 Å². The highest BCUT2D eigenvalue weighted by molar-refractivity contribution is 5.97. The Balaban J connectivity index is 1.63. The molecule has 0 aliphatic rings. The van der Waals surface area contributed by atoms with Gasteiger partial charge in [-0.2, -0.15) is 0 Å². The minimum Gasteiger partial charge on any atom is -0.492 e. The second-order valence-corrected chi connectivity index (χ2v) is 5.44. The number of nitrogens with one attached hydrogen (secondary N) is 1. The van der Waals surface area contributed by atoms with E-state index < -0.39 is 5.82 Å². The molecule has 126 valence electrons. The molecular formula is C19H20FNO3. The van der Waals surface area contributed by atoms with E-state index in [4.69, 9.17) is 4.74 Å². The Kier molecular flexibility index (Phi) is 6.49. The molecule has 1 amide bonds. The lowest BCUT2D eigenvalue weighted by molar-refractivity contribution is -0.121. The van der Waals surface area contributed by atoms with Crippen molar-refractivity contribution in [3.8, 4) is 5.75 Å². The average molecular weight is 329 g/mol. The van der Waals surface area contributed by atoms with Crippen molar-refractivity contribution in [2.45, 2.75) is 19.8 Å². The van der Waals surface area contributed by atoms with Gasteiger partial charge in [0.15, 0.2) is 5.78 Å². The summed E-state index contributed by atoms with van der Waals surface area (Å²) in [6.45, 7) is 2.73. The molecule has 2 rings (SSSR count). The van der Waals surface area contributed by atoms with Crippen LogP contribution in [-0.4, -0.2) is 24.8 Å². The zero-order valence-corrected chi connectivity index (χ0v) is 13.5. The maximum atomic E-state index is 12.8. The summed E-state index contributed by atoms with van der Waals surface area (Å²) in [6.07, 6.45) is 0.191. The van der Waals surface area contributed by atoms with E-state index in [1.165, 1.54) is 24.3 Å². The van der Waals surface area contributed by atoms with Crippen molar-refractivity contribution >= 4 is 11.7 Å². The van der Waals surface area contributed by atoms with Gasteiger partial charge in [0.2, 0.25) is 5.91 Å². The van der Waals surface area contributed by atoms with Gasteiger partial charge in [-0.25, -0.2) is 4.39 Å². The van der Waals surface area contributed by atoms with Crippen LogP contribution in [0.3, 0.4) is 0 Å². The molecule has 0 unspecified atom stereocenters. The fourth-order valence-corrected chi connectivity index (χ4v) is 2.09. The molecule has 0 aliphatic heterocycles. The number of halogens is 1. The van der Waals surface area contributed by atoms with Crippen LogP contribution in [0, 0.1) is 12.7 Å². The molecule has 2 aromatic rings. The van der Waals surface area contributed by atoms with Gasteiger partial charge >= 0.3 is 0 Å². The number of ketones is 1. The van der Waals surface area contributed by atoms with Crippen LogP contribution in [0.4, 0.5) is 4.39 Å². The van der Waals surface area contributed by atoms with Crippen molar-refractivity contribution in [2.24, 2.45) is 0 Å².